The zero-order valence-electron chi connectivity index (χ0n) is 44.4. The van der Waals surface area contributed by atoms with Gasteiger partial charge in [-0.3, -0.25) is 14.3 Å². The molecule has 400 valence electrons. The lowest BCUT2D eigenvalue weighted by Crippen LogP contribution is -2.61. The average molecular weight is 993 g/mol. The fourth-order valence-electron chi connectivity index (χ4n) is 10.1. The zero-order valence-corrected chi connectivity index (χ0v) is 44.4. The molecule has 0 unspecified atom stereocenters. The molecule has 2 saturated heterocycles. The van der Waals surface area contributed by atoms with Crippen molar-refractivity contribution in [1.82, 2.24) is 24.8 Å². The van der Waals surface area contributed by atoms with Gasteiger partial charge in [0.05, 0.1) is 53.8 Å². The molecule has 1 aromatic carbocycles. The van der Waals surface area contributed by atoms with E-state index in [4.69, 9.17) is 28.4 Å². The number of aryl methyl sites for hydroxylation is 2. The Morgan fingerprint density at radius 1 is 1.03 bits per heavy atom. The average Bonchev–Trinajstić information content (AvgIpc) is 3.77. The number of amides is 1. The van der Waals surface area contributed by atoms with Crippen LogP contribution in [0.15, 0.2) is 30.5 Å². The number of benzene rings is 1. The van der Waals surface area contributed by atoms with Crippen LogP contribution in [-0.4, -0.2) is 188 Å². The Morgan fingerprint density at radius 2 is 1.70 bits per heavy atom. The summed E-state index contributed by atoms with van der Waals surface area (Å²) in [7, 11) is 5.45. The van der Waals surface area contributed by atoms with Crippen molar-refractivity contribution >= 4 is 17.6 Å². The summed E-state index contributed by atoms with van der Waals surface area (Å²) in [5.41, 5.74) is -1.74. The van der Waals surface area contributed by atoms with Gasteiger partial charge >= 0.3 is 5.97 Å². The van der Waals surface area contributed by atoms with Gasteiger partial charge in [-0.25, -0.2) is 0 Å². The molecule has 19 nitrogen and oxygen atoms in total. The van der Waals surface area contributed by atoms with Gasteiger partial charge in [-0.05, 0) is 111 Å². The minimum atomic E-state index is -1.72. The van der Waals surface area contributed by atoms with E-state index in [1.165, 1.54) is 21.0 Å². The van der Waals surface area contributed by atoms with E-state index >= 15 is 0 Å². The van der Waals surface area contributed by atoms with Gasteiger partial charge in [0.1, 0.15) is 23.9 Å². The Kier molecular flexibility index (Phi) is 22.2. The van der Waals surface area contributed by atoms with Gasteiger partial charge < -0.3 is 69.1 Å². The van der Waals surface area contributed by atoms with Crippen molar-refractivity contribution in [2.24, 2.45) is 17.8 Å². The van der Waals surface area contributed by atoms with E-state index in [0.717, 1.165) is 29.9 Å². The molecule has 70 heavy (non-hydrogen) atoms. The number of nitrogens with one attached hydrogen (secondary N) is 1. The maximum absolute atomic E-state index is 14.3. The minimum absolute atomic E-state index is 0.0202. The summed E-state index contributed by atoms with van der Waals surface area (Å²) >= 11 is 0. The minimum Gasteiger partial charge on any atom is -0.459 e. The van der Waals surface area contributed by atoms with E-state index in [-0.39, 0.29) is 37.2 Å². The first-order chi connectivity index (χ1) is 32.8. The number of rotatable bonds is 27. The second kappa shape index (κ2) is 26.2. The molecule has 0 aliphatic carbocycles. The number of aromatic nitrogens is 3. The van der Waals surface area contributed by atoms with E-state index in [0.29, 0.717) is 32.5 Å². The number of carbonyl (C=O) groups is 2. The van der Waals surface area contributed by atoms with Crippen LogP contribution >= 0.6 is 0 Å². The predicted molar refractivity (Wildman–Crippen MR) is 263 cm³/mol. The molecule has 19 heteroatoms. The highest BCUT2D eigenvalue weighted by Gasteiger charge is 2.52. The number of nitrogens with zero attached hydrogens (tertiary/aromatic N) is 5. The summed E-state index contributed by atoms with van der Waals surface area (Å²) in [6.07, 6.45) is -4.35. The van der Waals surface area contributed by atoms with Crippen LogP contribution in [-0.2, 0) is 57.4 Å². The number of hydrogen-bond acceptors (Lipinski definition) is 17. The summed E-state index contributed by atoms with van der Waals surface area (Å²) in [6, 6.07) is 7.28. The summed E-state index contributed by atoms with van der Waals surface area (Å²) in [5, 5.41) is 68.5. The molecule has 16 atom stereocenters. The van der Waals surface area contributed by atoms with Crippen LogP contribution < -0.4 is 5.32 Å². The van der Waals surface area contributed by atoms with Crippen LogP contribution in [0.1, 0.15) is 113 Å². The Bertz CT molecular complexity index is 1900. The van der Waals surface area contributed by atoms with Crippen LogP contribution in [0.5, 0.6) is 0 Å². The van der Waals surface area contributed by atoms with Crippen LogP contribution in [0.4, 0.5) is 5.69 Å². The quantitative estimate of drug-likeness (QED) is 0.0702. The number of hydrogen-bond donors (Lipinski definition) is 6. The van der Waals surface area contributed by atoms with Gasteiger partial charge in [0, 0.05) is 70.4 Å². The van der Waals surface area contributed by atoms with E-state index in [9.17, 15) is 35.1 Å². The first kappa shape index (κ1) is 59.4. The van der Waals surface area contributed by atoms with Gasteiger partial charge in [0.2, 0.25) is 5.91 Å². The molecule has 6 N–H and O–H groups in total. The smallest absolute Gasteiger partial charge is 0.311 e. The molecular weight excluding hydrogens is 905 g/mol. The van der Waals surface area contributed by atoms with Crippen molar-refractivity contribution in [1.29, 1.82) is 0 Å². The number of methoxy groups -OCH3 is 1. The molecule has 3 heterocycles. The first-order valence-electron chi connectivity index (χ1n) is 25.2. The SMILES string of the molecule is CC[C@@H](OC(=O)[C@H](C)[C@@H](O[C@H]1C[C@@](C)(OC)[C@@H](O)[C@H](C)O1)[C@H](C)[C@@H](O[C@@H]1O[C@H](C)C[C@H](N(C)CCc2cn(CCc3ccc(NC(C)=O)cc3)nn2)[C@H]1O)[C@](C)(O)C[C@@H](C)CN(C)CC)[C@@](C)(O)CO. The molecule has 0 saturated carbocycles. The normalized spacial score (nSPS) is 28.6. The Labute approximate surface area is 416 Å². The van der Waals surface area contributed by atoms with E-state index in [1.54, 1.807) is 39.3 Å². The predicted octanol–water partition coefficient (Wildman–Crippen LogP) is 3.56. The summed E-state index contributed by atoms with van der Waals surface area (Å²) in [5.74, 6) is -2.73. The third-order valence-electron chi connectivity index (χ3n) is 14.5. The maximum Gasteiger partial charge on any atom is 0.311 e. The second-order valence-corrected chi connectivity index (χ2v) is 21.1. The lowest BCUT2D eigenvalue weighted by atomic mass is 9.77. The third kappa shape index (κ3) is 16.2. The molecule has 0 bridgehead atoms. The monoisotopic (exact) mass is 993 g/mol. The Hall–Kier alpha value is -3.18. The number of aliphatic hydroxyl groups excluding tert-OH is 3. The molecule has 0 spiro atoms. The topological polar surface area (TPSA) is 240 Å². The van der Waals surface area contributed by atoms with Crippen molar-refractivity contribution in [3.05, 3.63) is 41.7 Å². The fourth-order valence-corrected chi connectivity index (χ4v) is 10.1. The molecule has 2 fully saturated rings. The van der Waals surface area contributed by atoms with Crippen LogP contribution in [0.3, 0.4) is 0 Å². The highest BCUT2D eigenvalue weighted by atomic mass is 16.7. The van der Waals surface area contributed by atoms with Crippen molar-refractivity contribution in [2.45, 2.75) is 199 Å². The summed E-state index contributed by atoms with van der Waals surface area (Å²) in [6.45, 7) is 21.3. The molecule has 2 aliphatic heterocycles. The van der Waals surface area contributed by atoms with Gasteiger partial charge in [0.25, 0.3) is 0 Å². The van der Waals surface area contributed by atoms with Crippen molar-refractivity contribution < 1.29 is 63.5 Å². The van der Waals surface area contributed by atoms with Gasteiger partial charge in [-0.2, -0.15) is 0 Å². The zero-order chi connectivity index (χ0) is 52.3. The lowest BCUT2D eigenvalue weighted by molar-refractivity contribution is -0.318. The molecule has 0 radical (unpaired) electrons. The lowest BCUT2D eigenvalue weighted by Gasteiger charge is -2.49. The number of carbonyl (C=O) groups excluding carboxylic acids is 2. The first-order valence-corrected chi connectivity index (χ1v) is 25.2. The van der Waals surface area contributed by atoms with Crippen molar-refractivity contribution in [3.63, 3.8) is 0 Å². The van der Waals surface area contributed by atoms with Gasteiger partial charge in [-0.1, -0.05) is 45.0 Å². The van der Waals surface area contributed by atoms with E-state index in [2.05, 4.69) is 39.3 Å². The van der Waals surface area contributed by atoms with Gasteiger partial charge in [0.15, 0.2) is 12.6 Å². The highest BCUT2D eigenvalue weighted by Crippen LogP contribution is 2.40. The van der Waals surface area contributed by atoms with Crippen LogP contribution in [0.25, 0.3) is 0 Å². The van der Waals surface area contributed by atoms with E-state index in [1.807, 2.05) is 58.4 Å². The largest absolute Gasteiger partial charge is 0.459 e. The Morgan fingerprint density at radius 3 is 2.30 bits per heavy atom. The Balaban J connectivity index is 1.61. The number of aliphatic hydroxyl groups is 5. The third-order valence-corrected chi connectivity index (χ3v) is 14.5. The van der Waals surface area contributed by atoms with Gasteiger partial charge in [-0.15, -0.1) is 5.10 Å². The number of likely N-dealkylation sites (N-methyl/N-ethyl adjacent to an activating group) is 1. The fraction of sp³-hybridized carbons (Fsp3) is 0.804. The second-order valence-electron chi connectivity index (χ2n) is 21.1. The molecule has 4 rings (SSSR count). The van der Waals surface area contributed by atoms with Crippen molar-refractivity contribution in [3.8, 4) is 0 Å². The number of anilines is 1. The summed E-state index contributed by atoms with van der Waals surface area (Å²) in [4.78, 5) is 29.9. The number of ether oxygens (including phenoxy) is 6. The molecule has 2 aromatic rings. The van der Waals surface area contributed by atoms with Crippen LogP contribution in [0, 0.1) is 17.8 Å². The van der Waals surface area contributed by atoms with Crippen LogP contribution in [0.2, 0.25) is 0 Å². The molecular formula is C51H88N6O13. The maximum atomic E-state index is 14.3. The molecule has 1 aromatic heterocycles. The highest BCUT2D eigenvalue weighted by molar-refractivity contribution is 5.88. The molecule has 2 aliphatic rings. The number of esters is 1. The standard InChI is InChI=1S/C51H88N6O13/c1-15-41(50(10,64)30-58)68-47(62)34(6)44(69-42-27-51(11,65-14)45(61)35(7)67-42)33(5)46(49(9,63)26-31(3)28-55(12)16-2)70-48-43(60)40(25-32(4)66-48)56(13)23-22-39-29-57(54-53-39)24-21-37-17-19-38(20-18-37)52-36(8)59/h17-20,29,31-35,40-46,48,58,60-61,63-64H,15-16,21-28,30H2,1-14H3,(H,52,59)/t31-,32-,33+,34-,35+,40+,41-,42+,43-,44+,45+,46-,48+,49-,50+,51-/m1/s1. The summed E-state index contributed by atoms with van der Waals surface area (Å²) < 4.78 is 39.8. The molecule has 1 amide bonds. The van der Waals surface area contributed by atoms with E-state index < -0.39 is 96.5 Å². The van der Waals surface area contributed by atoms with Crippen molar-refractivity contribution in [2.75, 3.05) is 52.8 Å².